The van der Waals surface area contributed by atoms with Crippen LogP contribution in [0.15, 0.2) is 22.7 Å². The summed E-state index contributed by atoms with van der Waals surface area (Å²) in [6.45, 7) is 0. The Labute approximate surface area is 132 Å². The Morgan fingerprint density at radius 2 is 2.05 bits per heavy atom. The van der Waals surface area contributed by atoms with E-state index < -0.39 is 18.2 Å². The van der Waals surface area contributed by atoms with E-state index in [2.05, 4.69) is 43.8 Å². The largest absolute Gasteiger partial charge is 0.479 e. The third kappa shape index (κ3) is 3.67. The highest BCUT2D eigenvalue weighted by Crippen LogP contribution is 2.26. The fraction of sp³-hybridized carbons (Fsp3) is 0.333. The van der Waals surface area contributed by atoms with E-state index >= 15 is 0 Å². The first kappa shape index (κ1) is 14.7. The molecule has 5 nitrogen and oxygen atoms in total. The molecule has 0 radical (unpaired) electrons. The number of aliphatic carboxylic acids is 1. The maximum Gasteiger partial charge on any atom is 0.332 e. The Hall–Kier alpha value is -0.670. The maximum absolute atomic E-state index is 12.0. The lowest BCUT2D eigenvalue weighted by molar-refractivity contribution is -0.150. The molecule has 1 fully saturated rings. The van der Waals surface area contributed by atoms with E-state index in [1.165, 1.54) is 0 Å². The summed E-state index contributed by atoms with van der Waals surface area (Å²) in [5.41, 5.74) is 0.652. The molecule has 0 saturated carbocycles. The molecule has 1 aliphatic heterocycles. The van der Waals surface area contributed by atoms with Gasteiger partial charge in [-0.05, 0) is 69.6 Å². The highest BCUT2D eigenvalue weighted by molar-refractivity contribution is 14.1. The number of anilines is 1. The minimum absolute atomic E-state index is 0.313. The summed E-state index contributed by atoms with van der Waals surface area (Å²) in [7, 11) is 0. The van der Waals surface area contributed by atoms with Crippen LogP contribution in [0.3, 0.4) is 0 Å². The number of carbonyl (C=O) groups is 2. The Morgan fingerprint density at radius 3 is 2.68 bits per heavy atom. The molecule has 1 heterocycles. The van der Waals surface area contributed by atoms with Crippen LogP contribution >= 0.6 is 38.5 Å². The van der Waals surface area contributed by atoms with Crippen molar-refractivity contribution in [2.75, 3.05) is 5.32 Å². The number of hydrogen-bond donors (Lipinski definition) is 2. The topological polar surface area (TPSA) is 75.6 Å². The van der Waals surface area contributed by atoms with Crippen LogP contribution in [-0.4, -0.2) is 29.2 Å². The van der Waals surface area contributed by atoms with Gasteiger partial charge in [-0.15, -0.1) is 0 Å². The maximum atomic E-state index is 12.0. The molecular formula is C12H11BrINO4. The van der Waals surface area contributed by atoms with E-state index in [1.807, 2.05) is 18.2 Å². The number of carbonyl (C=O) groups excluding carboxylic acids is 1. The lowest BCUT2D eigenvalue weighted by Crippen LogP contribution is -2.30. The average Bonchev–Trinajstić information content (AvgIpc) is 2.83. The fourth-order valence-corrected chi connectivity index (χ4v) is 2.66. The second kappa shape index (κ2) is 6.19. The zero-order valence-corrected chi connectivity index (χ0v) is 13.5. The molecule has 0 bridgehead atoms. The van der Waals surface area contributed by atoms with Gasteiger partial charge in [-0.1, -0.05) is 0 Å². The third-order valence-electron chi connectivity index (χ3n) is 2.77. The molecule has 1 aromatic rings. The van der Waals surface area contributed by atoms with Crippen LogP contribution in [0.1, 0.15) is 12.8 Å². The van der Waals surface area contributed by atoms with Gasteiger partial charge in [-0.3, -0.25) is 4.79 Å². The SMILES string of the molecule is O=C(Nc1cc(I)ccc1Br)[C@@H]1CC[C@H](C(=O)O)O1. The molecule has 102 valence electrons. The summed E-state index contributed by atoms with van der Waals surface area (Å²) in [6, 6.07) is 5.58. The number of hydrogen-bond acceptors (Lipinski definition) is 3. The number of nitrogens with one attached hydrogen (secondary N) is 1. The molecule has 0 unspecified atom stereocenters. The van der Waals surface area contributed by atoms with Gasteiger partial charge in [0.15, 0.2) is 6.10 Å². The van der Waals surface area contributed by atoms with Crippen LogP contribution < -0.4 is 5.32 Å². The smallest absolute Gasteiger partial charge is 0.332 e. The first-order valence-electron chi connectivity index (χ1n) is 5.61. The summed E-state index contributed by atoms with van der Waals surface area (Å²) < 4.78 is 6.96. The zero-order chi connectivity index (χ0) is 14.0. The quantitative estimate of drug-likeness (QED) is 0.710. The number of rotatable bonds is 3. The van der Waals surface area contributed by atoms with Crippen LogP contribution in [0.25, 0.3) is 0 Å². The lowest BCUT2D eigenvalue weighted by Gasteiger charge is -2.13. The summed E-state index contributed by atoms with van der Waals surface area (Å²) in [5, 5.41) is 11.6. The van der Waals surface area contributed by atoms with Crippen LogP contribution in [0.5, 0.6) is 0 Å². The molecular weight excluding hydrogens is 429 g/mol. The molecule has 0 spiro atoms. The molecule has 0 aliphatic carbocycles. The van der Waals surface area contributed by atoms with Crippen molar-refractivity contribution in [3.63, 3.8) is 0 Å². The number of carboxylic acids is 1. The zero-order valence-electron chi connectivity index (χ0n) is 9.73. The molecule has 1 aromatic carbocycles. The Bertz CT molecular complexity index is 522. The molecule has 1 saturated heterocycles. The van der Waals surface area contributed by atoms with Gasteiger partial charge in [0.05, 0.1) is 5.69 Å². The van der Waals surface area contributed by atoms with E-state index in [-0.39, 0.29) is 5.91 Å². The fourth-order valence-electron chi connectivity index (χ4n) is 1.82. The second-order valence-electron chi connectivity index (χ2n) is 4.14. The van der Waals surface area contributed by atoms with Crippen molar-refractivity contribution in [3.8, 4) is 0 Å². The minimum atomic E-state index is -1.02. The molecule has 7 heteroatoms. The van der Waals surface area contributed by atoms with Gasteiger partial charge in [0.25, 0.3) is 5.91 Å². The monoisotopic (exact) mass is 439 g/mol. The van der Waals surface area contributed by atoms with Crippen molar-refractivity contribution in [2.45, 2.75) is 25.0 Å². The van der Waals surface area contributed by atoms with Crippen LogP contribution in [0.2, 0.25) is 0 Å². The predicted molar refractivity (Wildman–Crippen MR) is 81.0 cm³/mol. The first-order chi connectivity index (χ1) is 8.97. The van der Waals surface area contributed by atoms with Gasteiger partial charge in [0, 0.05) is 8.04 Å². The van der Waals surface area contributed by atoms with E-state index in [0.29, 0.717) is 18.5 Å². The summed E-state index contributed by atoms with van der Waals surface area (Å²) in [6.07, 6.45) is -0.799. The van der Waals surface area contributed by atoms with Gasteiger partial charge in [-0.25, -0.2) is 4.79 Å². The van der Waals surface area contributed by atoms with E-state index in [0.717, 1.165) is 8.04 Å². The van der Waals surface area contributed by atoms with Gasteiger partial charge in [0.2, 0.25) is 0 Å². The predicted octanol–water partition coefficient (Wildman–Crippen LogP) is 2.62. The van der Waals surface area contributed by atoms with Gasteiger partial charge in [-0.2, -0.15) is 0 Å². The molecule has 19 heavy (non-hydrogen) atoms. The Kier molecular flexibility index (Phi) is 4.80. The number of amides is 1. The number of benzene rings is 1. The average molecular weight is 440 g/mol. The molecule has 1 aliphatic rings. The summed E-state index contributed by atoms with van der Waals surface area (Å²) >= 11 is 5.50. The minimum Gasteiger partial charge on any atom is -0.479 e. The highest BCUT2D eigenvalue weighted by Gasteiger charge is 2.34. The van der Waals surface area contributed by atoms with Crippen molar-refractivity contribution < 1.29 is 19.4 Å². The molecule has 2 atom stereocenters. The van der Waals surface area contributed by atoms with Crippen LogP contribution in [-0.2, 0) is 14.3 Å². The molecule has 2 N–H and O–H groups in total. The van der Waals surface area contributed by atoms with Crippen molar-refractivity contribution >= 4 is 56.1 Å². The van der Waals surface area contributed by atoms with Gasteiger partial charge < -0.3 is 15.2 Å². The number of ether oxygens (including phenoxy) is 1. The third-order valence-corrected chi connectivity index (χ3v) is 4.14. The van der Waals surface area contributed by atoms with E-state index in [9.17, 15) is 9.59 Å². The molecule has 0 aromatic heterocycles. The second-order valence-corrected chi connectivity index (χ2v) is 6.24. The van der Waals surface area contributed by atoms with E-state index in [1.54, 1.807) is 0 Å². The highest BCUT2D eigenvalue weighted by atomic mass is 127. The van der Waals surface area contributed by atoms with Gasteiger partial charge in [0.1, 0.15) is 6.10 Å². The summed E-state index contributed by atoms with van der Waals surface area (Å²) in [5.74, 6) is -1.34. The van der Waals surface area contributed by atoms with Crippen molar-refractivity contribution in [1.82, 2.24) is 0 Å². The molecule has 2 rings (SSSR count). The van der Waals surface area contributed by atoms with Crippen molar-refractivity contribution in [3.05, 3.63) is 26.2 Å². The van der Waals surface area contributed by atoms with Crippen LogP contribution in [0, 0.1) is 3.57 Å². The van der Waals surface area contributed by atoms with Crippen LogP contribution in [0.4, 0.5) is 5.69 Å². The Morgan fingerprint density at radius 1 is 1.37 bits per heavy atom. The standard InChI is InChI=1S/C12H11BrINO4/c13-7-2-1-6(14)5-8(7)15-11(16)9-3-4-10(19-9)12(17)18/h1-2,5,9-10H,3-4H2,(H,15,16)(H,17,18)/t9-,10+/m0/s1. The molecule has 1 amide bonds. The van der Waals surface area contributed by atoms with Gasteiger partial charge >= 0.3 is 5.97 Å². The van der Waals surface area contributed by atoms with Crippen molar-refractivity contribution in [1.29, 1.82) is 0 Å². The van der Waals surface area contributed by atoms with Crippen molar-refractivity contribution in [2.24, 2.45) is 0 Å². The Balaban J connectivity index is 2.02. The summed E-state index contributed by atoms with van der Waals surface area (Å²) in [4.78, 5) is 22.8. The first-order valence-corrected chi connectivity index (χ1v) is 7.48. The number of carboxylic acid groups (broad SMARTS) is 1. The normalized spacial score (nSPS) is 22.2. The van der Waals surface area contributed by atoms with E-state index in [4.69, 9.17) is 9.84 Å². The number of halogens is 2. The lowest BCUT2D eigenvalue weighted by atomic mass is 10.2.